The molecule has 0 spiro atoms. The average Bonchev–Trinajstić information content (AvgIpc) is 2.48. The lowest BCUT2D eigenvalue weighted by atomic mass is 9.99. The maximum absolute atomic E-state index is 11.4. The number of rotatable bonds is 6. The largest absolute Gasteiger partial charge is 0.463 e. The van der Waals surface area contributed by atoms with E-state index in [0.29, 0.717) is 0 Å². The van der Waals surface area contributed by atoms with Gasteiger partial charge in [-0.05, 0) is 0 Å². The van der Waals surface area contributed by atoms with Crippen LogP contribution in [0.2, 0.25) is 0 Å². The molecule has 0 saturated carbocycles. The van der Waals surface area contributed by atoms with Gasteiger partial charge in [-0.25, -0.2) is 0 Å². The van der Waals surface area contributed by atoms with Crippen LogP contribution in [0.5, 0.6) is 0 Å². The summed E-state index contributed by atoms with van der Waals surface area (Å²) in [5.74, 6) is -2.77. The van der Waals surface area contributed by atoms with Crippen molar-refractivity contribution in [3.8, 4) is 0 Å². The van der Waals surface area contributed by atoms with Crippen LogP contribution in [0.1, 0.15) is 27.7 Å². The maximum Gasteiger partial charge on any atom is 0.303 e. The van der Waals surface area contributed by atoms with Crippen molar-refractivity contribution in [3.05, 3.63) is 0 Å². The van der Waals surface area contributed by atoms with E-state index < -0.39 is 53.7 Å². The quantitative estimate of drug-likeness (QED) is 0.386. The summed E-state index contributed by atoms with van der Waals surface area (Å²) >= 11 is 0.214. The molecule has 0 radical (unpaired) electrons. The Morgan fingerprint density at radius 2 is 1.32 bits per heavy atom. The van der Waals surface area contributed by atoms with E-state index in [0.717, 1.165) is 20.8 Å². The number of hydrogen-bond acceptors (Lipinski definition) is 11. The second-order valence-electron chi connectivity index (χ2n) is 5.17. The molecule has 0 aromatic heterocycles. The minimum Gasteiger partial charge on any atom is -0.463 e. The molecule has 10 nitrogen and oxygen atoms in total. The van der Waals surface area contributed by atoms with Gasteiger partial charge in [0.25, 0.3) is 0 Å². The highest BCUT2D eigenvalue weighted by molar-refractivity contribution is 7.94. The van der Waals surface area contributed by atoms with Crippen molar-refractivity contribution in [2.45, 2.75) is 57.5 Å². The molecule has 0 aliphatic carbocycles. The number of carbonyl (C=O) groups is 4. The third kappa shape index (κ3) is 6.52. The zero-order valence-corrected chi connectivity index (χ0v) is 14.9. The molecule has 1 fully saturated rings. The van der Waals surface area contributed by atoms with Gasteiger partial charge in [0.2, 0.25) is 0 Å². The van der Waals surface area contributed by atoms with E-state index >= 15 is 0 Å². The molecule has 0 unspecified atom stereocenters. The van der Waals surface area contributed by atoms with Crippen molar-refractivity contribution in [2.24, 2.45) is 0 Å². The van der Waals surface area contributed by atoms with Crippen molar-refractivity contribution in [3.63, 3.8) is 0 Å². The van der Waals surface area contributed by atoms with Crippen LogP contribution in [0.25, 0.3) is 0 Å². The summed E-state index contributed by atoms with van der Waals surface area (Å²) in [7, 11) is 0. The zero-order valence-electron chi connectivity index (χ0n) is 14.1. The second kappa shape index (κ2) is 9.59. The van der Waals surface area contributed by atoms with Gasteiger partial charge in [-0.2, -0.15) is 0 Å². The number of ether oxygens (including phenoxy) is 5. The Kier molecular flexibility index (Phi) is 8.13. The van der Waals surface area contributed by atoms with E-state index in [2.05, 4.69) is 0 Å². The molecule has 142 valence electrons. The average molecular weight is 380 g/mol. The first kappa shape index (κ1) is 21.2. The minimum absolute atomic E-state index is 0.214. The fourth-order valence-corrected chi connectivity index (χ4v) is 2.80. The van der Waals surface area contributed by atoms with Crippen molar-refractivity contribution in [1.29, 1.82) is 0 Å². The highest BCUT2D eigenvalue weighted by Crippen LogP contribution is 2.33. The molecule has 11 heteroatoms. The van der Waals surface area contributed by atoms with Crippen LogP contribution in [-0.2, 0) is 42.9 Å². The van der Waals surface area contributed by atoms with Gasteiger partial charge in [0.05, 0.1) is 0 Å². The monoisotopic (exact) mass is 380 g/mol. The molecule has 0 bridgehead atoms. The minimum atomic E-state index is -1.26. The van der Waals surface area contributed by atoms with Crippen molar-refractivity contribution >= 4 is 35.9 Å². The molecule has 25 heavy (non-hydrogen) atoms. The fraction of sp³-hybridized carbons (Fsp3) is 0.714. The highest BCUT2D eigenvalue weighted by atomic mass is 32.2. The number of esters is 4. The maximum atomic E-state index is 11.4. The second-order valence-corrected chi connectivity index (χ2v) is 5.85. The Labute approximate surface area is 148 Å². The molecule has 0 aromatic carbocycles. The van der Waals surface area contributed by atoms with Crippen LogP contribution in [0.15, 0.2) is 0 Å². The first-order chi connectivity index (χ1) is 11.6. The molecule has 0 aromatic rings. The predicted octanol–water partition coefficient (Wildman–Crippen LogP) is 0.276. The van der Waals surface area contributed by atoms with Gasteiger partial charge in [0, 0.05) is 39.7 Å². The van der Waals surface area contributed by atoms with Crippen molar-refractivity contribution < 1.29 is 47.4 Å². The molecule has 1 aliphatic rings. The summed E-state index contributed by atoms with van der Waals surface area (Å²) < 4.78 is 35.2. The van der Waals surface area contributed by atoms with E-state index in [1.807, 2.05) is 0 Å². The van der Waals surface area contributed by atoms with E-state index in [9.17, 15) is 23.7 Å². The normalized spacial score (nSPS) is 28.6. The third-order valence-electron chi connectivity index (χ3n) is 3.05. The van der Waals surface area contributed by atoms with Gasteiger partial charge in [-0.1, -0.05) is 0 Å². The fourth-order valence-electron chi connectivity index (χ4n) is 2.27. The molecular formula is C14H20O10S. The molecule has 1 N–H and O–H groups in total. The van der Waals surface area contributed by atoms with Crippen LogP contribution >= 0.6 is 12.0 Å². The van der Waals surface area contributed by atoms with Crippen molar-refractivity contribution in [1.82, 2.24) is 0 Å². The third-order valence-corrected chi connectivity index (χ3v) is 3.64. The Morgan fingerprint density at radius 1 is 0.840 bits per heavy atom. The molecule has 5 atom stereocenters. The van der Waals surface area contributed by atoms with Gasteiger partial charge in [-0.3, -0.25) is 19.2 Å². The molecule has 0 amide bonds. The standard InChI is InChI=1S/C14H20O10S/c1-6(15)20-5-10-11(21-7(2)16)12(22-8(3)17)13(23-9(4)18)14(24-10)25-19/h10-14,19H,5H2,1-4H3/t10-,11+,12+,13-,14+/m1/s1. The topological polar surface area (TPSA) is 135 Å². The van der Waals surface area contributed by atoms with Crippen LogP contribution in [-0.4, -0.2) is 64.9 Å². The lowest BCUT2D eigenvalue weighted by Gasteiger charge is -2.43. The smallest absolute Gasteiger partial charge is 0.303 e. The van der Waals surface area contributed by atoms with Crippen LogP contribution in [0.4, 0.5) is 0 Å². The molecule has 1 saturated heterocycles. The van der Waals surface area contributed by atoms with E-state index in [4.69, 9.17) is 23.7 Å². The Balaban J connectivity index is 3.18. The van der Waals surface area contributed by atoms with Crippen LogP contribution in [0.3, 0.4) is 0 Å². The van der Waals surface area contributed by atoms with Gasteiger partial charge in [0.1, 0.15) is 12.7 Å². The summed E-state index contributed by atoms with van der Waals surface area (Å²) in [6.07, 6.45) is -4.76. The lowest BCUT2D eigenvalue weighted by molar-refractivity contribution is -0.238. The van der Waals surface area contributed by atoms with E-state index in [-0.39, 0.29) is 18.6 Å². The zero-order chi connectivity index (χ0) is 19.1. The number of hydrogen-bond donors (Lipinski definition) is 1. The van der Waals surface area contributed by atoms with Gasteiger partial charge < -0.3 is 28.2 Å². The summed E-state index contributed by atoms with van der Waals surface area (Å²) in [5.41, 5.74) is -1.15. The lowest BCUT2D eigenvalue weighted by Crippen LogP contribution is -2.61. The predicted molar refractivity (Wildman–Crippen MR) is 82.2 cm³/mol. The molecular weight excluding hydrogens is 360 g/mol. The van der Waals surface area contributed by atoms with Gasteiger partial charge in [0.15, 0.2) is 23.7 Å². The van der Waals surface area contributed by atoms with Crippen molar-refractivity contribution in [2.75, 3.05) is 6.61 Å². The first-order valence-electron chi connectivity index (χ1n) is 7.26. The van der Waals surface area contributed by atoms with E-state index in [1.54, 1.807) is 0 Å². The SMILES string of the molecule is CC(=O)OC[C@H]1O[C@@H](SO)[C@H](OC(C)=O)[C@@H](OC(C)=O)[C@H]1OC(C)=O. The molecule has 1 heterocycles. The summed E-state index contributed by atoms with van der Waals surface area (Å²) in [6.45, 7) is 4.21. The van der Waals surface area contributed by atoms with Gasteiger partial charge in [-0.15, -0.1) is 0 Å². The summed E-state index contributed by atoms with van der Waals surface area (Å²) in [4.78, 5) is 45.2. The Hall–Kier alpha value is -1.85. The highest BCUT2D eigenvalue weighted by Gasteiger charge is 2.52. The Bertz CT molecular complexity index is 522. The van der Waals surface area contributed by atoms with Crippen LogP contribution < -0.4 is 0 Å². The Morgan fingerprint density at radius 3 is 1.76 bits per heavy atom. The summed E-state index contributed by atoms with van der Waals surface area (Å²) in [5, 5.41) is 0. The first-order valence-corrected chi connectivity index (χ1v) is 8.10. The number of carbonyl (C=O) groups excluding carboxylic acids is 4. The van der Waals surface area contributed by atoms with Gasteiger partial charge >= 0.3 is 23.9 Å². The summed E-state index contributed by atoms with van der Waals surface area (Å²) in [6, 6.07) is 0. The molecule has 1 rings (SSSR count). The molecule has 1 aliphatic heterocycles. The van der Waals surface area contributed by atoms with E-state index in [1.165, 1.54) is 6.92 Å². The van der Waals surface area contributed by atoms with Crippen LogP contribution in [0, 0.1) is 0 Å².